The van der Waals surface area contributed by atoms with Gasteiger partial charge in [0.1, 0.15) is 17.3 Å². The zero-order valence-corrected chi connectivity index (χ0v) is 11.7. The highest BCUT2D eigenvalue weighted by Crippen LogP contribution is 2.15. The molecule has 8 heteroatoms. The van der Waals surface area contributed by atoms with E-state index in [1.807, 2.05) is 6.92 Å². The van der Waals surface area contributed by atoms with Crippen molar-refractivity contribution in [1.29, 1.82) is 0 Å². The van der Waals surface area contributed by atoms with E-state index in [0.29, 0.717) is 16.7 Å². The molecule has 98 valence electrons. The Morgan fingerprint density at radius 1 is 1.61 bits per heavy atom. The largest absolute Gasteiger partial charge is 0.367 e. The zero-order chi connectivity index (χ0) is 13.1. The van der Waals surface area contributed by atoms with Crippen molar-refractivity contribution in [3.05, 3.63) is 17.5 Å². The quantitative estimate of drug-likeness (QED) is 0.841. The molecule has 2 aromatic rings. The fraction of sp³-hybridized carbons (Fsp3) is 0.500. The van der Waals surface area contributed by atoms with E-state index < -0.39 is 10.8 Å². The molecule has 2 rings (SSSR count). The highest BCUT2D eigenvalue weighted by atomic mass is 35.5. The van der Waals surface area contributed by atoms with Crippen molar-refractivity contribution in [2.24, 2.45) is 0 Å². The third-order valence-electron chi connectivity index (χ3n) is 2.45. The molecule has 0 saturated carbocycles. The Kier molecular flexibility index (Phi) is 4.13. The summed E-state index contributed by atoms with van der Waals surface area (Å²) in [4.78, 5) is 8.03. The smallest absolute Gasteiger partial charge is 0.255 e. The fourth-order valence-corrected chi connectivity index (χ4v) is 2.42. The van der Waals surface area contributed by atoms with Gasteiger partial charge < -0.3 is 5.32 Å². The topological polar surface area (TPSA) is 72.2 Å². The second kappa shape index (κ2) is 5.62. The lowest BCUT2D eigenvalue weighted by molar-refractivity contribution is 0.677. The fourth-order valence-electron chi connectivity index (χ4n) is 1.55. The van der Waals surface area contributed by atoms with Crippen LogP contribution in [0, 0.1) is 0 Å². The molecule has 6 nitrogen and oxygen atoms in total. The number of anilines is 1. The lowest BCUT2D eigenvalue weighted by Gasteiger charge is -2.15. The third kappa shape index (κ3) is 3.17. The molecule has 2 unspecified atom stereocenters. The van der Waals surface area contributed by atoms with Crippen molar-refractivity contribution < 1.29 is 4.21 Å². The number of nitrogens with one attached hydrogen (secondary N) is 1. The lowest BCUT2D eigenvalue weighted by atomic mass is 10.2. The molecule has 18 heavy (non-hydrogen) atoms. The molecule has 0 aliphatic carbocycles. The van der Waals surface area contributed by atoms with Crippen LogP contribution in [0.3, 0.4) is 0 Å². The molecule has 2 heterocycles. The van der Waals surface area contributed by atoms with Crippen LogP contribution in [0.2, 0.25) is 5.15 Å². The van der Waals surface area contributed by atoms with Crippen LogP contribution >= 0.6 is 11.6 Å². The van der Waals surface area contributed by atoms with Crippen molar-refractivity contribution in [1.82, 2.24) is 19.6 Å². The minimum Gasteiger partial charge on any atom is -0.367 e. The predicted molar refractivity (Wildman–Crippen MR) is 72.4 cm³/mol. The van der Waals surface area contributed by atoms with Gasteiger partial charge in [-0.1, -0.05) is 11.6 Å². The summed E-state index contributed by atoms with van der Waals surface area (Å²) in [6, 6.07) is 1.86. The molecule has 0 fully saturated rings. The van der Waals surface area contributed by atoms with Crippen molar-refractivity contribution in [3.63, 3.8) is 0 Å². The maximum atomic E-state index is 11.1. The molecule has 2 aromatic heterocycles. The van der Waals surface area contributed by atoms with E-state index >= 15 is 0 Å². The highest BCUT2D eigenvalue weighted by molar-refractivity contribution is 7.84. The van der Waals surface area contributed by atoms with Gasteiger partial charge in [0, 0.05) is 34.9 Å². The van der Waals surface area contributed by atoms with Crippen LogP contribution in [-0.2, 0) is 10.8 Å². The van der Waals surface area contributed by atoms with Crippen molar-refractivity contribution in [2.45, 2.75) is 19.4 Å². The van der Waals surface area contributed by atoms with Crippen molar-refractivity contribution >= 4 is 34.0 Å². The van der Waals surface area contributed by atoms with Gasteiger partial charge in [-0.2, -0.15) is 19.6 Å². The number of aromatic nitrogens is 4. The van der Waals surface area contributed by atoms with E-state index in [1.54, 1.807) is 16.8 Å². The summed E-state index contributed by atoms with van der Waals surface area (Å²) in [5.74, 6) is 1.85. The molecule has 0 radical (unpaired) electrons. The Hall–Kier alpha value is -1.21. The Morgan fingerprint density at radius 2 is 2.39 bits per heavy atom. The van der Waals surface area contributed by atoms with Crippen LogP contribution in [0.4, 0.5) is 5.82 Å². The minimum atomic E-state index is -0.781. The molecule has 1 N–H and O–H groups in total. The normalized spacial score (nSPS) is 14.6. The van der Waals surface area contributed by atoms with E-state index in [-0.39, 0.29) is 6.04 Å². The number of fused-ring (bicyclic) bond motifs is 1. The molecule has 0 aromatic carbocycles. The van der Waals surface area contributed by atoms with Crippen LogP contribution in [0.1, 0.15) is 13.3 Å². The lowest BCUT2D eigenvalue weighted by Crippen LogP contribution is -2.20. The average Bonchev–Trinajstić information content (AvgIpc) is 2.74. The average molecular weight is 288 g/mol. The van der Waals surface area contributed by atoms with Gasteiger partial charge in [-0.05, 0) is 13.3 Å². The van der Waals surface area contributed by atoms with Crippen LogP contribution in [-0.4, -0.2) is 41.8 Å². The van der Waals surface area contributed by atoms with Gasteiger partial charge in [0.15, 0.2) is 0 Å². The summed E-state index contributed by atoms with van der Waals surface area (Å²) >= 11 is 5.91. The first-order chi connectivity index (χ1) is 8.56. The summed E-state index contributed by atoms with van der Waals surface area (Å²) in [7, 11) is -0.781. The number of hydrogen-bond donors (Lipinski definition) is 1. The van der Waals surface area contributed by atoms with Gasteiger partial charge in [0.25, 0.3) is 5.78 Å². The van der Waals surface area contributed by atoms with Crippen LogP contribution in [0.15, 0.2) is 12.4 Å². The van der Waals surface area contributed by atoms with Gasteiger partial charge in [-0.25, -0.2) is 0 Å². The molecule has 0 aliphatic rings. The van der Waals surface area contributed by atoms with Crippen LogP contribution in [0.5, 0.6) is 0 Å². The molecule has 2 atom stereocenters. The molecular weight excluding hydrogens is 274 g/mol. The van der Waals surface area contributed by atoms with Gasteiger partial charge >= 0.3 is 0 Å². The van der Waals surface area contributed by atoms with E-state index in [4.69, 9.17) is 11.6 Å². The molecule has 0 amide bonds. The first-order valence-corrected chi connectivity index (χ1v) is 7.59. The van der Waals surface area contributed by atoms with Crippen molar-refractivity contribution in [3.8, 4) is 0 Å². The third-order valence-corrected chi connectivity index (χ3v) is 3.46. The Balaban J connectivity index is 2.15. The summed E-state index contributed by atoms with van der Waals surface area (Å²) < 4.78 is 12.6. The maximum absolute atomic E-state index is 11.1. The molecular formula is C10H14ClN5OS. The number of nitrogens with zero attached hydrogens (tertiary/aromatic N) is 4. The van der Waals surface area contributed by atoms with Gasteiger partial charge in [0.05, 0.1) is 0 Å². The molecule has 0 aliphatic heterocycles. The van der Waals surface area contributed by atoms with Gasteiger partial charge in [0.2, 0.25) is 0 Å². The molecule has 0 spiro atoms. The van der Waals surface area contributed by atoms with E-state index in [9.17, 15) is 4.21 Å². The second-order valence-corrected chi connectivity index (χ2v) is 5.99. The van der Waals surface area contributed by atoms with E-state index in [0.717, 1.165) is 12.2 Å². The number of halogens is 1. The summed E-state index contributed by atoms with van der Waals surface area (Å²) in [6.07, 6.45) is 3.93. The van der Waals surface area contributed by atoms with E-state index in [2.05, 4.69) is 20.4 Å². The minimum absolute atomic E-state index is 0.166. The van der Waals surface area contributed by atoms with Gasteiger partial charge in [-0.15, -0.1) is 0 Å². The Morgan fingerprint density at radius 3 is 3.11 bits per heavy atom. The summed E-state index contributed by atoms with van der Waals surface area (Å²) in [6.45, 7) is 2.02. The monoisotopic (exact) mass is 287 g/mol. The van der Waals surface area contributed by atoms with Crippen molar-refractivity contribution in [2.75, 3.05) is 17.3 Å². The first-order valence-electron chi connectivity index (χ1n) is 5.49. The number of hydrogen-bond acceptors (Lipinski definition) is 5. The molecule has 0 saturated heterocycles. The summed E-state index contributed by atoms with van der Waals surface area (Å²) in [5.41, 5.74) is 0. The maximum Gasteiger partial charge on any atom is 0.255 e. The van der Waals surface area contributed by atoms with Gasteiger partial charge in [-0.3, -0.25) is 4.21 Å². The zero-order valence-electron chi connectivity index (χ0n) is 10.1. The highest BCUT2D eigenvalue weighted by Gasteiger charge is 2.09. The van der Waals surface area contributed by atoms with E-state index in [1.165, 1.54) is 6.33 Å². The second-order valence-electron chi connectivity index (χ2n) is 4.05. The SMILES string of the molecule is CC(CCS(C)=O)Nc1cc(Cl)nc2ncnn12. The summed E-state index contributed by atoms with van der Waals surface area (Å²) in [5, 5.41) is 7.70. The Labute approximate surface area is 112 Å². The first kappa shape index (κ1) is 13.2. The predicted octanol–water partition coefficient (Wildman–Crippen LogP) is 1.35. The number of rotatable bonds is 5. The molecule has 0 bridgehead atoms. The standard InChI is InChI=1S/C10H14ClN5OS/c1-7(3-4-18(2)17)14-9-5-8(11)15-10-12-6-13-16(9)10/h5-7,14H,3-4H2,1-2H3. The Bertz CT molecular complexity index is 572. The van der Waals surface area contributed by atoms with Crippen LogP contribution < -0.4 is 5.32 Å². The van der Waals surface area contributed by atoms with Crippen LogP contribution in [0.25, 0.3) is 5.78 Å².